The second kappa shape index (κ2) is 3.21. The summed E-state index contributed by atoms with van der Waals surface area (Å²) >= 11 is 0. The zero-order valence-electron chi connectivity index (χ0n) is 6.46. The average molecular weight is 187 g/mol. The molecular weight excluding hydrogens is 181 g/mol. The van der Waals surface area contributed by atoms with Gasteiger partial charge in [0.1, 0.15) is 5.83 Å². The van der Waals surface area contributed by atoms with E-state index in [4.69, 9.17) is 0 Å². The van der Waals surface area contributed by atoms with Crippen LogP contribution in [0.4, 0.5) is 4.39 Å². The van der Waals surface area contributed by atoms with Crippen molar-refractivity contribution < 1.29 is 4.39 Å². The van der Waals surface area contributed by atoms with Gasteiger partial charge in [-0.1, -0.05) is 6.58 Å². The van der Waals surface area contributed by atoms with Gasteiger partial charge in [-0.2, -0.15) is 0 Å². The average Bonchev–Trinajstić information content (AvgIpc) is 1.96. The van der Waals surface area contributed by atoms with Gasteiger partial charge >= 0.3 is 17.1 Å². The van der Waals surface area contributed by atoms with Gasteiger partial charge in [0.25, 0.3) is 0 Å². The lowest BCUT2D eigenvalue weighted by Crippen LogP contribution is -2.43. The molecule has 0 atom stereocenters. The lowest BCUT2D eigenvalue weighted by Gasteiger charge is -1.98. The normalized spacial score (nSPS) is 9.92. The Morgan fingerprint density at radius 3 is 2.15 bits per heavy atom. The summed E-state index contributed by atoms with van der Waals surface area (Å²) in [5.74, 6) is -0.848. The summed E-state index contributed by atoms with van der Waals surface area (Å²) in [5, 5.41) is 0. The van der Waals surface area contributed by atoms with E-state index >= 15 is 0 Å². The molecule has 0 amide bonds. The van der Waals surface area contributed by atoms with Crippen molar-refractivity contribution in [2.24, 2.45) is 0 Å². The quantitative estimate of drug-likeness (QED) is 0.603. The van der Waals surface area contributed by atoms with Crippen LogP contribution in [0.3, 0.4) is 0 Å². The Morgan fingerprint density at radius 1 is 1.31 bits per heavy atom. The molecule has 6 nitrogen and oxygen atoms in total. The molecule has 2 N–H and O–H groups in total. The highest BCUT2D eigenvalue weighted by atomic mass is 19.1. The van der Waals surface area contributed by atoms with Crippen LogP contribution in [0.25, 0.3) is 0 Å². The van der Waals surface area contributed by atoms with Gasteiger partial charge in [-0.05, 0) is 0 Å². The first-order valence-electron chi connectivity index (χ1n) is 3.27. The molecule has 0 spiro atoms. The highest BCUT2D eigenvalue weighted by Gasteiger charge is 2.03. The summed E-state index contributed by atoms with van der Waals surface area (Å²) in [4.78, 5) is 35.8. The number of rotatable bonds is 2. The Morgan fingerprint density at radius 2 is 1.77 bits per heavy atom. The van der Waals surface area contributed by atoms with E-state index in [9.17, 15) is 18.8 Å². The van der Waals surface area contributed by atoms with Gasteiger partial charge in [-0.25, -0.2) is 23.3 Å². The van der Waals surface area contributed by atoms with E-state index in [2.05, 4.69) is 6.58 Å². The number of nitrogens with zero attached hydrogens (tertiary/aromatic N) is 1. The largest absolute Gasteiger partial charge is 0.334 e. The van der Waals surface area contributed by atoms with Gasteiger partial charge in [0.05, 0.1) is 6.54 Å². The summed E-state index contributed by atoms with van der Waals surface area (Å²) < 4.78 is 12.7. The van der Waals surface area contributed by atoms with E-state index in [1.807, 2.05) is 0 Å². The van der Waals surface area contributed by atoms with Crippen LogP contribution in [0.5, 0.6) is 0 Å². The molecule has 0 aliphatic heterocycles. The second-order valence-electron chi connectivity index (χ2n) is 2.29. The maximum atomic E-state index is 12.2. The van der Waals surface area contributed by atoms with E-state index < -0.39 is 29.4 Å². The fourth-order valence-electron chi connectivity index (χ4n) is 0.768. The highest BCUT2D eigenvalue weighted by Crippen LogP contribution is 1.90. The van der Waals surface area contributed by atoms with Crippen molar-refractivity contribution in [2.45, 2.75) is 6.54 Å². The molecule has 0 aliphatic carbocycles. The van der Waals surface area contributed by atoms with Gasteiger partial charge in [0.15, 0.2) is 0 Å². The maximum Gasteiger partial charge on any atom is 0.334 e. The molecule has 7 heteroatoms. The first-order chi connectivity index (χ1) is 6.00. The Hall–Kier alpha value is -1.92. The first-order valence-corrected chi connectivity index (χ1v) is 3.27. The zero-order valence-corrected chi connectivity index (χ0v) is 6.46. The van der Waals surface area contributed by atoms with Crippen molar-refractivity contribution in [1.29, 1.82) is 0 Å². The Bertz CT molecular complexity index is 461. The van der Waals surface area contributed by atoms with Crippen molar-refractivity contribution in [2.75, 3.05) is 0 Å². The minimum atomic E-state index is -0.965. The topological polar surface area (TPSA) is 87.7 Å². The third-order valence-electron chi connectivity index (χ3n) is 1.26. The van der Waals surface area contributed by atoms with Crippen molar-refractivity contribution in [3.63, 3.8) is 0 Å². The van der Waals surface area contributed by atoms with Gasteiger partial charge in [-0.3, -0.25) is 9.97 Å². The number of hydrogen-bond donors (Lipinski definition) is 2. The van der Waals surface area contributed by atoms with Crippen LogP contribution < -0.4 is 17.1 Å². The maximum absolute atomic E-state index is 12.2. The molecular formula is C6H6FN3O3. The zero-order chi connectivity index (χ0) is 10.0. The monoisotopic (exact) mass is 187 g/mol. The fourth-order valence-corrected chi connectivity index (χ4v) is 0.768. The number of allylic oxidation sites excluding steroid dienone is 1. The van der Waals surface area contributed by atoms with E-state index in [0.717, 1.165) is 0 Å². The number of nitrogens with one attached hydrogen (secondary N) is 2. The van der Waals surface area contributed by atoms with Crippen LogP contribution in [0.15, 0.2) is 26.8 Å². The standard InChI is InChI=1S/C6H6FN3O3/c1-3(7)2-10-5(12)8-4(11)9-6(10)13/h1-2H2,(H2,8,9,11,12,13). The molecule has 0 bridgehead atoms. The van der Waals surface area contributed by atoms with Crippen LogP contribution in [-0.2, 0) is 6.54 Å². The Labute approximate surface area is 70.4 Å². The number of hydrogen-bond acceptors (Lipinski definition) is 3. The molecule has 13 heavy (non-hydrogen) atoms. The van der Waals surface area contributed by atoms with E-state index in [1.54, 1.807) is 9.97 Å². The summed E-state index contributed by atoms with van der Waals surface area (Å²) in [6.07, 6.45) is 0. The minimum Gasteiger partial charge on any atom is -0.259 e. The fraction of sp³-hybridized carbons (Fsp3) is 0.167. The molecule has 0 saturated heterocycles. The van der Waals surface area contributed by atoms with Gasteiger partial charge in [0.2, 0.25) is 0 Å². The van der Waals surface area contributed by atoms with Crippen LogP contribution in [0.1, 0.15) is 0 Å². The molecule has 0 aromatic carbocycles. The van der Waals surface area contributed by atoms with E-state index in [-0.39, 0.29) is 0 Å². The third-order valence-corrected chi connectivity index (χ3v) is 1.26. The van der Waals surface area contributed by atoms with E-state index in [1.165, 1.54) is 0 Å². The SMILES string of the molecule is C=C(F)Cn1c(=O)[nH]c(=O)[nH]c1=O. The number of halogens is 1. The molecule has 0 fully saturated rings. The molecule has 0 unspecified atom stereocenters. The lowest BCUT2D eigenvalue weighted by atomic mass is 10.6. The number of aromatic amines is 2. The van der Waals surface area contributed by atoms with Gasteiger partial charge in [-0.15, -0.1) is 0 Å². The summed E-state index contributed by atoms with van der Waals surface area (Å²) in [6, 6.07) is 0. The summed E-state index contributed by atoms with van der Waals surface area (Å²) in [5.41, 5.74) is -2.85. The Balaban J connectivity index is 3.38. The molecule has 1 aromatic rings. The lowest BCUT2D eigenvalue weighted by molar-refractivity contribution is 0.526. The number of aromatic nitrogens is 3. The van der Waals surface area contributed by atoms with Crippen LogP contribution in [0.2, 0.25) is 0 Å². The smallest absolute Gasteiger partial charge is 0.259 e. The second-order valence-corrected chi connectivity index (χ2v) is 2.29. The van der Waals surface area contributed by atoms with Crippen LogP contribution in [-0.4, -0.2) is 14.5 Å². The van der Waals surface area contributed by atoms with Crippen molar-refractivity contribution in [1.82, 2.24) is 14.5 Å². The summed E-state index contributed by atoms with van der Waals surface area (Å²) in [7, 11) is 0. The van der Waals surface area contributed by atoms with Crippen LogP contribution >= 0.6 is 0 Å². The van der Waals surface area contributed by atoms with Crippen molar-refractivity contribution in [3.05, 3.63) is 43.9 Å². The Kier molecular flexibility index (Phi) is 2.27. The molecule has 0 saturated carbocycles. The van der Waals surface area contributed by atoms with E-state index in [0.29, 0.717) is 4.57 Å². The highest BCUT2D eigenvalue weighted by molar-refractivity contribution is 4.82. The first kappa shape index (κ1) is 9.17. The van der Waals surface area contributed by atoms with Crippen molar-refractivity contribution in [3.8, 4) is 0 Å². The molecule has 0 aliphatic rings. The third kappa shape index (κ3) is 2.01. The van der Waals surface area contributed by atoms with Crippen LogP contribution in [0, 0.1) is 0 Å². The predicted molar refractivity (Wildman–Crippen MR) is 42.2 cm³/mol. The number of H-pyrrole nitrogens is 2. The molecule has 70 valence electrons. The minimum absolute atomic E-state index is 0.490. The molecule has 1 aromatic heterocycles. The van der Waals surface area contributed by atoms with Crippen molar-refractivity contribution >= 4 is 0 Å². The molecule has 0 radical (unpaired) electrons. The predicted octanol–water partition coefficient (Wildman–Crippen LogP) is -1.29. The van der Waals surface area contributed by atoms with Gasteiger partial charge < -0.3 is 0 Å². The van der Waals surface area contributed by atoms with Gasteiger partial charge in [0, 0.05) is 0 Å². The molecule has 1 heterocycles. The summed E-state index contributed by atoms with van der Waals surface area (Å²) in [6.45, 7) is 2.32. The molecule has 1 rings (SSSR count).